The van der Waals surface area contributed by atoms with E-state index in [1.165, 1.54) is 16.7 Å². The maximum Gasteiger partial charge on any atom is 0.225 e. The fourth-order valence-electron chi connectivity index (χ4n) is 4.89. The highest BCUT2D eigenvalue weighted by Gasteiger charge is 2.28. The maximum absolute atomic E-state index is 12.3. The van der Waals surface area contributed by atoms with Crippen molar-refractivity contribution < 1.29 is 4.79 Å². The highest BCUT2D eigenvalue weighted by Crippen LogP contribution is 2.38. The molecule has 2 aromatic carbocycles. The number of nitrogens with one attached hydrogen (secondary N) is 1. The van der Waals surface area contributed by atoms with Crippen molar-refractivity contribution in [1.82, 2.24) is 14.9 Å². The monoisotopic (exact) mass is 430 g/mol. The molecule has 32 heavy (non-hydrogen) atoms. The van der Waals surface area contributed by atoms with Crippen molar-refractivity contribution in [3.63, 3.8) is 0 Å². The highest BCUT2D eigenvalue weighted by molar-refractivity contribution is 5.90. The summed E-state index contributed by atoms with van der Waals surface area (Å²) in [4.78, 5) is 23.5. The number of anilines is 1. The van der Waals surface area contributed by atoms with Gasteiger partial charge in [-0.1, -0.05) is 35.9 Å². The minimum absolute atomic E-state index is 0.142. The van der Waals surface area contributed by atoms with Gasteiger partial charge in [0, 0.05) is 31.4 Å². The summed E-state index contributed by atoms with van der Waals surface area (Å²) in [6.07, 6.45) is 4.01. The zero-order valence-electron chi connectivity index (χ0n) is 19.9. The Balaban J connectivity index is 1.58. The van der Waals surface area contributed by atoms with Gasteiger partial charge in [-0.05, 0) is 75.6 Å². The van der Waals surface area contributed by atoms with Crippen molar-refractivity contribution in [2.75, 3.05) is 19.4 Å². The minimum atomic E-state index is 0.142. The van der Waals surface area contributed by atoms with Crippen molar-refractivity contribution in [3.05, 3.63) is 65.0 Å². The highest BCUT2D eigenvalue weighted by atomic mass is 16.2. The van der Waals surface area contributed by atoms with Gasteiger partial charge in [-0.2, -0.15) is 0 Å². The molecule has 0 bridgehead atoms. The van der Waals surface area contributed by atoms with Crippen LogP contribution in [0.4, 0.5) is 5.82 Å². The lowest BCUT2D eigenvalue weighted by Crippen LogP contribution is -2.31. The molecule has 0 aliphatic heterocycles. The zero-order valence-corrected chi connectivity index (χ0v) is 19.9. The summed E-state index contributed by atoms with van der Waals surface area (Å²) >= 11 is 0. The van der Waals surface area contributed by atoms with Gasteiger partial charge < -0.3 is 10.2 Å². The number of benzene rings is 2. The number of fused-ring (bicyclic) bond motifs is 1. The Hall–Kier alpha value is -2.95. The fraction of sp³-hybridized carbons (Fsp3) is 0.444. The molecule has 0 spiro atoms. The van der Waals surface area contributed by atoms with E-state index in [1.807, 2.05) is 21.0 Å². The van der Waals surface area contributed by atoms with Gasteiger partial charge in [0.2, 0.25) is 5.91 Å². The lowest BCUT2D eigenvalue weighted by molar-refractivity contribution is -0.134. The number of aromatic nitrogens is 2. The fourth-order valence-corrected chi connectivity index (χ4v) is 4.89. The number of aryl methyl sites for hydroxylation is 2. The Bertz CT molecular complexity index is 1120. The first-order valence-corrected chi connectivity index (χ1v) is 11.6. The van der Waals surface area contributed by atoms with E-state index >= 15 is 0 Å². The Morgan fingerprint density at radius 2 is 1.78 bits per heavy atom. The molecule has 1 saturated carbocycles. The molecule has 168 valence electrons. The van der Waals surface area contributed by atoms with E-state index in [-0.39, 0.29) is 17.9 Å². The quantitative estimate of drug-likeness (QED) is 0.557. The van der Waals surface area contributed by atoms with E-state index in [1.54, 1.807) is 4.90 Å². The average Bonchev–Trinajstić information content (AvgIpc) is 2.78. The van der Waals surface area contributed by atoms with E-state index in [4.69, 9.17) is 4.98 Å². The summed E-state index contributed by atoms with van der Waals surface area (Å²) in [5.41, 5.74) is 4.79. The molecule has 1 fully saturated rings. The summed E-state index contributed by atoms with van der Waals surface area (Å²) in [7, 11) is 3.71. The third-order valence-corrected chi connectivity index (χ3v) is 6.72. The molecule has 4 rings (SSSR count). The molecule has 1 amide bonds. The summed E-state index contributed by atoms with van der Waals surface area (Å²) in [5, 5.41) is 4.70. The van der Waals surface area contributed by atoms with Gasteiger partial charge >= 0.3 is 0 Å². The van der Waals surface area contributed by atoms with Crippen LogP contribution in [0.3, 0.4) is 0 Å². The molecule has 5 heteroatoms. The lowest BCUT2D eigenvalue weighted by atomic mass is 9.78. The number of amides is 1. The summed E-state index contributed by atoms with van der Waals surface area (Å²) in [5.74, 6) is 2.57. The predicted octanol–water partition coefficient (Wildman–Crippen LogP) is 5.78. The van der Waals surface area contributed by atoms with Crippen molar-refractivity contribution in [3.8, 4) is 0 Å². The average molecular weight is 431 g/mol. The maximum atomic E-state index is 12.3. The van der Waals surface area contributed by atoms with E-state index in [9.17, 15) is 4.79 Å². The molecule has 1 aliphatic carbocycles. The van der Waals surface area contributed by atoms with Crippen LogP contribution in [0.15, 0.2) is 42.5 Å². The van der Waals surface area contributed by atoms with Crippen LogP contribution in [-0.2, 0) is 4.79 Å². The zero-order chi connectivity index (χ0) is 22.8. The standard InChI is InChI=1S/C27H34N4O/c1-17-7-6-8-22(15-17)18(2)28-26-24-16-23(13-14-25(24)29-19(3)30-26)20-9-11-21(12-10-20)27(32)31(4)5/h6-8,13-16,18,20-21H,9-12H2,1-5H3,(H,28,29,30)/t18-,20?,21?/m0/s1. The van der Waals surface area contributed by atoms with Crippen LogP contribution >= 0.6 is 0 Å². The van der Waals surface area contributed by atoms with Crippen LogP contribution in [0.2, 0.25) is 0 Å². The van der Waals surface area contributed by atoms with Crippen LogP contribution in [-0.4, -0.2) is 34.9 Å². The topological polar surface area (TPSA) is 58.1 Å². The molecule has 1 aliphatic rings. The van der Waals surface area contributed by atoms with Gasteiger partial charge in [-0.25, -0.2) is 9.97 Å². The van der Waals surface area contributed by atoms with Gasteiger partial charge in [-0.3, -0.25) is 4.79 Å². The third-order valence-electron chi connectivity index (χ3n) is 6.72. The molecular formula is C27H34N4O. The number of hydrogen-bond donors (Lipinski definition) is 1. The first kappa shape index (κ1) is 22.3. The van der Waals surface area contributed by atoms with Gasteiger partial charge in [0.15, 0.2) is 0 Å². The van der Waals surface area contributed by atoms with Gasteiger partial charge in [-0.15, -0.1) is 0 Å². The predicted molar refractivity (Wildman–Crippen MR) is 131 cm³/mol. The molecule has 0 radical (unpaired) electrons. The molecule has 1 heterocycles. The van der Waals surface area contributed by atoms with Crippen LogP contribution in [0.1, 0.15) is 67.1 Å². The van der Waals surface area contributed by atoms with E-state index in [2.05, 4.69) is 66.6 Å². The van der Waals surface area contributed by atoms with Crippen molar-refractivity contribution >= 4 is 22.6 Å². The molecular weight excluding hydrogens is 396 g/mol. The Morgan fingerprint density at radius 3 is 2.47 bits per heavy atom. The second-order valence-corrected chi connectivity index (χ2v) is 9.46. The number of carbonyl (C=O) groups is 1. The van der Waals surface area contributed by atoms with Crippen LogP contribution < -0.4 is 5.32 Å². The summed E-state index contributed by atoms with van der Waals surface area (Å²) in [6.45, 7) is 6.23. The third kappa shape index (κ3) is 4.77. The molecule has 5 nitrogen and oxygen atoms in total. The van der Waals surface area contributed by atoms with Gasteiger partial charge in [0.1, 0.15) is 11.6 Å². The van der Waals surface area contributed by atoms with Crippen molar-refractivity contribution in [2.45, 2.75) is 58.4 Å². The first-order chi connectivity index (χ1) is 15.3. The van der Waals surface area contributed by atoms with Crippen molar-refractivity contribution in [1.29, 1.82) is 0 Å². The number of carbonyl (C=O) groups excluding carboxylic acids is 1. The number of nitrogens with zero attached hydrogens (tertiary/aromatic N) is 3. The van der Waals surface area contributed by atoms with Gasteiger partial charge in [0.05, 0.1) is 5.52 Å². The molecule has 0 saturated heterocycles. The Labute approximate surface area is 191 Å². The smallest absolute Gasteiger partial charge is 0.225 e. The van der Waals surface area contributed by atoms with E-state index in [0.717, 1.165) is 48.2 Å². The lowest BCUT2D eigenvalue weighted by Gasteiger charge is -2.29. The van der Waals surface area contributed by atoms with Crippen LogP contribution in [0.25, 0.3) is 10.9 Å². The van der Waals surface area contributed by atoms with Crippen LogP contribution in [0, 0.1) is 19.8 Å². The summed E-state index contributed by atoms with van der Waals surface area (Å²) < 4.78 is 0. The molecule has 3 aromatic rings. The Kier molecular flexibility index (Phi) is 6.45. The number of rotatable bonds is 5. The van der Waals surface area contributed by atoms with E-state index in [0.29, 0.717) is 5.92 Å². The second-order valence-electron chi connectivity index (χ2n) is 9.46. The molecule has 0 unspecified atom stereocenters. The number of hydrogen-bond acceptors (Lipinski definition) is 4. The van der Waals surface area contributed by atoms with Crippen molar-refractivity contribution in [2.24, 2.45) is 5.92 Å². The van der Waals surface area contributed by atoms with Gasteiger partial charge in [0.25, 0.3) is 0 Å². The van der Waals surface area contributed by atoms with Crippen LogP contribution in [0.5, 0.6) is 0 Å². The van der Waals surface area contributed by atoms with E-state index < -0.39 is 0 Å². The molecule has 1 atom stereocenters. The largest absolute Gasteiger partial charge is 0.363 e. The summed E-state index contributed by atoms with van der Waals surface area (Å²) in [6, 6.07) is 15.3. The SMILES string of the molecule is Cc1cccc([C@H](C)Nc2nc(C)nc3ccc(C4CCC(C(=O)N(C)C)CC4)cc23)c1. The second kappa shape index (κ2) is 9.27. The molecule has 1 N–H and O–H groups in total. The normalized spacial score (nSPS) is 19.5. The Morgan fingerprint density at radius 1 is 1.03 bits per heavy atom. The minimum Gasteiger partial charge on any atom is -0.363 e. The molecule has 1 aromatic heterocycles. The first-order valence-electron chi connectivity index (χ1n) is 11.6.